The van der Waals surface area contributed by atoms with Gasteiger partial charge in [-0.15, -0.1) is 0 Å². The highest BCUT2D eigenvalue weighted by Gasteiger charge is 2.07. The molecule has 0 fully saturated rings. The summed E-state index contributed by atoms with van der Waals surface area (Å²) in [7, 11) is 0. The highest BCUT2D eigenvalue weighted by Crippen LogP contribution is 2.32. The van der Waals surface area contributed by atoms with Crippen LogP contribution in [0.1, 0.15) is 32.3 Å². The molecule has 0 bridgehead atoms. The Morgan fingerprint density at radius 3 is 2.52 bits per heavy atom. The Morgan fingerprint density at radius 1 is 0.957 bits per heavy atom. The highest BCUT2D eigenvalue weighted by atomic mass is 14.5. The van der Waals surface area contributed by atoms with E-state index in [1.54, 1.807) is 0 Å². The van der Waals surface area contributed by atoms with Crippen LogP contribution in [0.4, 0.5) is 5.69 Å². The largest absolute Gasteiger partial charge is 0.399 e. The maximum atomic E-state index is 6.20. The molecule has 0 spiro atoms. The highest BCUT2D eigenvalue weighted by molar-refractivity contribution is 5.97. The normalized spacial score (nSPS) is 11.8. The van der Waals surface area contributed by atoms with Crippen molar-refractivity contribution in [2.45, 2.75) is 26.7 Å². The van der Waals surface area contributed by atoms with E-state index in [0.717, 1.165) is 18.5 Å². The van der Waals surface area contributed by atoms with Crippen molar-refractivity contribution in [3.05, 3.63) is 72.3 Å². The fraction of sp³-hybridized carbons (Fsp3) is 0.182. The second-order valence-corrected chi connectivity index (χ2v) is 5.86. The minimum Gasteiger partial charge on any atom is -0.399 e. The Balaban J connectivity index is 2.20. The lowest BCUT2D eigenvalue weighted by molar-refractivity contribution is 1.17. The number of allylic oxidation sites excluding steroid dienone is 2. The van der Waals surface area contributed by atoms with Crippen LogP contribution in [0, 0.1) is 0 Å². The Hall–Kier alpha value is -2.54. The number of nitrogens with two attached hydrogens (primary N) is 1. The first-order valence-electron chi connectivity index (χ1n) is 8.31. The summed E-state index contributed by atoms with van der Waals surface area (Å²) < 4.78 is 0. The Kier molecular flexibility index (Phi) is 4.47. The zero-order chi connectivity index (χ0) is 16.2. The van der Waals surface area contributed by atoms with Crippen LogP contribution >= 0.6 is 0 Å². The topological polar surface area (TPSA) is 26.0 Å². The van der Waals surface area contributed by atoms with Crippen LogP contribution in [0.2, 0.25) is 0 Å². The number of nitrogen functional groups attached to an aromatic ring is 1. The Morgan fingerprint density at radius 2 is 1.74 bits per heavy atom. The molecule has 0 radical (unpaired) electrons. The minimum absolute atomic E-state index is 0.820. The van der Waals surface area contributed by atoms with Gasteiger partial charge in [-0.3, -0.25) is 0 Å². The fourth-order valence-electron chi connectivity index (χ4n) is 3.18. The van der Waals surface area contributed by atoms with Crippen LogP contribution in [-0.2, 0) is 0 Å². The average Bonchev–Trinajstić information content (AvgIpc) is 2.58. The lowest BCUT2D eigenvalue weighted by Gasteiger charge is -2.12. The molecule has 3 aromatic rings. The number of hydrogen-bond donors (Lipinski definition) is 1. The summed E-state index contributed by atoms with van der Waals surface area (Å²) in [5.41, 5.74) is 12.0. The van der Waals surface area contributed by atoms with E-state index in [4.69, 9.17) is 5.73 Å². The molecule has 0 aliphatic carbocycles. The molecule has 23 heavy (non-hydrogen) atoms. The zero-order valence-corrected chi connectivity index (χ0v) is 13.8. The van der Waals surface area contributed by atoms with Crippen molar-refractivity contribution >= 4 is 22.0 Å². The van der Waals surface area contributed by atoms with Gasteiger partial charge in [0.1, 0.15) is 0 Å². The predicted octanol–water partition coefficient (Wildman–Crippen LogP) is 6.29. The zero-order valence-electron chi connectivity index (χ0n) is 13.8. The summed E-state index contributed by atoms with van der Waals surface area (Å²) >= 11 is 0. The van der Waals surface area contributed by atoms with E-state index in [9.17, 15) is 0 Å². The van der Waals surface area contributed by atoms with Crippen LogP contribution in [0.5, 0.6) is 0 Å². The average molecular weight is 301 g/mol. The van der Waals surface area contributed by atoms with Crippen LogP contribution in [0.25, 0.3) is 27.5 Å². The van der Waals surface area contributed by atoms with E-state index >= 15 is 0 Å². The fourth-order valence-corrected chi connectivity index (χ4v) is 3.18. The Labute approximate surface area is 138 Å². The van der Waals surface area contributed by atoms with Gasteiger partial charge < -0.3 is 5.73 Å². The molecule has 3 rings (SSSR count). The third-order valence-electron chi connectivity index (χ3n) is 4.26. The van der Waals surface area contributed by atoms with Crippen molar-refractivity contribution in [1.29, 1.82) is 0 Å². The standard InChI is InChI=1S/C22H23N/c1-3-8-16(4-2)18-13-19(15-20(23)14-18)22-12-7-10-17-9-5-6-11-21(17)22/h5-15H,3-4,23H2,1-2H3/b16-8+. The van der Waals surface area contributed by atoms with E-state index in [1.807, 2.05) is 0 Å². The van der Waals surface area contributed by atoms with Gasteiger partial charge in [0.2, 0.25) is 0 Å². The molecule has 116 valence electrons. The molecule has 2 N–H and O–H groups in total. The predicted molar refractivity (Wildman–Crippen MR) is 102 cm³/mol. The quantitative estimate of drug-likeness (QED) is 0.563. The molecule has 0 saturated carbocycles. The van der Waals surface area contributed by atoms with Crippen LogP contribution < -0.4 is 5.73 Å². The summed E-state index contributed by atoms with van der Waals surface area (Å²) in [6.45, 7) is 4.37. The van der Waals surface area contributed by atoms with Gasteiger partial charge in [0.25, 0.3) is 0 Å². The second kappa shape index (κ2) is 6.70. The molecule has 1 heteroatoms. The summed E-state index contributed by atoms with van der Waals surface area (Å²) in [4.78, 5) is 0. The van der Waals surface area contributed by atoms with Crippen molar-refractivity contribution in [2.75, 3.05) is 5.73 Å². The van der Waals surface area contributed by atoms with Gasteiger partial charge in [-0.1, -0.05) is 62.4 Å². The molecule has 0 unspecified atom stereocenters. The monoisotopic (exact) mass is 301 g/mol. The number of hydrogen-bond acceptors (Lipinski definition) is 1. The second-order valence-electron chi connectivity index (χ2n) is 5.86. The molecule has 0 atom stereocenters. The third-order valence-corrected chi connectivity index (χ3v) is 4.26. The lowest BCUT2D eigenvalue weighted by Crippen LogP contribution is -1.92. The van der Waals surface area contributed by atoms with Gasteiger partial charge in [-0.05, 0) is 64.1 Å². The first kappa shape index (κ1) is 15.4. The number of benzene rings is 3. The molecular weight excluding hydrogens is 278 g/mol. The van der Waals surface area contributed by atoms with Crippen molar-refractivity contribution in [2.24, 2.45) is 0 Å². The first-order valence-corrected chi connectivity index (χ1v) is 8.31. The van der Waals surface area contributed by atoms with E-state index in [2.05, 4.69) is 80.6 Å². The molecule has 0 aliphatic rings. The van der Waals surface area contributed by atoms with Gasteiger partial charge in [0.15, 0.2) is 0 Å². The van der Waals surface area contributed by atoms with Gasteiger partial charge >= 0.3 is 0 Å². The van der Waals surface area contributed by atoms with Crippen LogP contribution in [-0.4, -0.2) is 0 Å². The molecule has 0 aliphatic heterocycles. The SMILES string of the molecule is CC/C=C(\CC)c1cc(N)cc(-c2cccc3ccccc23)c1. The maximum absolute atomic E-state index is 6.20. The molecule has 0 heterocycles. The van der Waals surface area contributed by atoms with Gasteiger partial charge in [0, 0.05) is 5.69 Å². The van der Waals surface area contributed by atoms with Gasteiger partial charge in [-0.25, -0.2) is 0 Å². The molecule has 1 nitrogen and oxygen atoms in total. The number of fused-ring (bicyclic) bond motifs is 1. The summed E-state index contributed by atoms with van der Waals surface area (Å²) in [5, 5.41) is 2.53. The van der Waals surface area contributed by atoms with Crippen molar-refractivity contribution in [3.8, 4) is 11.1 Å². The van der Waals surface area contributed by atoms with Crippen molar-refractivity contribution in [1.82, 2.24) is 0 Å². The van der Waals surface area contributed by atoms with Crippen LogP contribution in [0.3, 0.4) is 0 Å². The third kappa shape index (κ3) is 3.14. The maximum Gasteiger partial charge on any atom is 0.0326 e. The van der Waals surface area contributed by atoms with Crippen molar-refractivity contribution < 1.29 is 0 Å². The molecular formula is C22H23N. The van der Waals surface area contributed by atoms with Gasteiger partial charge in [0.05, 0.1) is 0 Å². The number of rotatable bonds is 4. The summed E-state index contributed by atoms with van der Waals surface area (Å²) in [5.74, 6) is 0. The van der Waals surface area contributed by atoms with E-state index in [1.165, 1.54) is 33.0 Å². The van der Waals surface area contributed by atoms with E-state index in [-0.39, 0.29) is 0 Å². The smallest absolute Gasteiger partial charge is 0.0326 e. The summed E-state index contributed by atoms with van der Waals surface area (Å²) in [6, 6.07) is 21.4. The molecule has 0 amide bonds. The number of anilines is 1. The van der Waals surface area contributed by atoms with E-state index in [0.29, 0.717) is 0 Å². The van der Waals surface area contributed by atoms with Crippen molar-refractivity contribution in [3.63, 3.8) is 0 Å². The van der Waals surface area contributed by atoms with Gasteiger partial charge in [-0.2, -0.15) is 0 Å². The van der Waals surface area contributed by atoms with Crippen LogP contribution in [0.15, 0.2) is 66.7 Å². The first-order chi connectivity index (χ1) is 11.2. The molecule has 0 saturated heterocycles. The minimum atomic E-state index is 0.820. The molecule has 3 aromatic carbocycles. The molecule has 0 aromatic heterocycles. The van der Waals surface area contributed by atoms with E-state index < -0.39 is 0 Å². The Bertz CT molecular complexity index is 853. The lowest BCUT2D eigenvalue weighted by atomic mass is 9.93. The summed E-state index contributed by atoms with van der Waals surface area (Å²) in [6.07, 6.45) is 4.36.